The molecule has 1 aliphatic carbocycles. The van der Waals surface area contributed by atoms with E-state index in [1.807, 2.05) is 24.3 Å². The summed E-state index contributed by atoms with van der Waals surface area (Å²) in [6, 6.07) is 9.21. The van der Waals surface area contributed by atoms with Crippen molar-refractivity contribution in [3.63, 3.8) is 0 Å². The van der Waals surface area contributed by atoms with E-state index in [0.29, 0.717) is 18.2 Å². The molecule has 0 bridgehead atoms. The standard InChI is InChI=1S/C17H17N3O3/c21-16(15-7-14(18-19-15)10-5-6-10)20-8-11-3-1-2-4-12(11)13(9-20)17(22)23/h1-4,7,10,13H,5-6,8-9H2,(H,18,19)(H,22,23). The Morgan fingerprint density at radius 3 is 2.78 bits per heavy atom. The molecule has 0 spiro atoms. The van der Waals surface area contributed by atoms with Crippen LogP contribution in [0.4, 0.5) is 0 Å². The van der Waals surface area contributed by atoms with Crippen molar-refractivity contribution in [1.29, 1.82) is 0 Å². The average molecular weight is 311 g/mol. The molecule has 1 unspecified atom stereocenters. The molecule has 1 atom stereocenters. The Kier molecular flexibility index (Phi) is 3.18. The molecular formula is C17H17N3O3. The van der Waals surface area contributed by atoms with E-state index in [1.54, 1.807) is 11.0 Å². The van der Waals surface area contributed by atoms with Crippen molar-refractivity contribution < 1.29 is 14.7 Å². The van der Waals surface area contributed by atoms with E-state index in [0.717, 1.165) is 29.7 Å². The van der Waals surface area contributed by atoms with Crippen LogP contribution in [0.1, 0.15) is 52.0 Å². The van der Waals surface area contributed by atoms with Crippen LogP contribution in [0.25, 0.3) is 0 Å². The van der Waals surface area contributed by atoms with Gasteiger partial charge in [-0.2, -0.15) is 5.10 Å². The number of amides is 1. The van der Waals surface area contributed by atoms with Gasteiger partial charge < -0.3 is 10.0 Å². The first-order valence-electron chi connectivity index (χ1n) is 7.78. The third kappa shape index (κ3) is 2.50. The van der Waals surface area contributed by atoms with Crippen molar-refractivity contribution in [2.45, 2.75) is 31.2 Å². The van der Waals surface area contributed by atoms with Gasteiger partial charge >= 0.3 is 5.97 Å². The summed E-state index contributed by atoms with van der Waals surface area (Å²) in [6.07, 6.45) is 2.27. The highest BCUT2D eigenvalue weighted by molar-refractivity contribution is 5.93. The van der Waals surface area contributed by atoms with E-state index in [-0.39, 0.29) is 12.5 Å². The number of carboxylic acids is 1. The zero-order valence-corrected chi connectivity index (χ0v) is 12.5. The van der Waals surface area contributed by atoms with E-state index < -0.39 is 11.9 Å². The molecular weight excluding hydrogens is 294 g/mol. The average Bonchev–Trinajstić information content (AvgIpc) is 3.30. The quantitative estimate of drug-likeness (QED) is 0.909. The number of H-pyrrole nitrogens is 1. The smallest absolute Gasteiger partial charge is 0.312 e. The van der Waals surface area contributed by atoms with Gasteiger partial charge in [-0.1, -0.05) is 24.3 Å². The Bertz CT molecular complexity index is 779. The number of fused-ring (bicyclic) bond motifs is 1. The second kappa shape index (κ2) is 5.22. The zero-order valence-electron chi connectivity index (χ0n) is 12.5. The Balaban J connectivity index is 1.61. The van der Waals surface area contributed by atoms with Gasteiger partial charge in [-0.05, 0) is 30.0 Å². The van der Waals surface area contributed by atoms with Crippen molar-refractivity contribution in [1.82, 2.24) is 15.1 Å². The number of aliphatic carboxylic acids is 1. The van der Waals surface area contributed by atoms with Crippen LogP contribution >= 0.6 is 0 Å². The van der Waals surface area contributed by atoms with Crippen molar-refractivity contribution in [2.75, 3.05) is 6.54 Å². The molecule has 1 amide bonds. The molecule has 118 valence electrons. The Hall–Kier alpha value is -2.63. The summed E-state index contributed by atoms with van der Waals surface area (Å²) in [6.45, 7) is 0.598. The van der Waals surface area contributed by atoms with E-state index in [4.69, 9.17) is 0 Å². The molecule has 2 N–H and O–H groups in total. The van der Waals surface area contributed by atoms with E-state index in [1.165, 1.54) is 0 Å². The Morgan fingerprint density at radius 2 is 2.04 bits per heavy atom. The molecule has 1 aromatic carbocycles. The molecule has 4 rings (SSSR count). The van der Waals surface area contributed by atoms with Gasteiger partial charge in [0.15, 0.2) is 0 Å². The summed E-state index contributed by atoms with van der Waals surface area (Å²) in [7, 11) is 0. The molecule has 2 aromatic rings. The van der Waals surface area contributed by atoms with Crippen LogP contribution in [0.3, 0.4) is 0 Å². The van der Waals surface area contributed by atoms with Crippen molar-refractivity contribution >= 4 is 11.9 Å². The fraction of sp³-hybridized carbons (Fsp3) is 0.353. The molecule has 1 aliphatic heterocycles. The SMILES string of the molecule is O=C(O)C1CN(C(=O)c2cc(C3CC3)[nH]n2)Cc2ccccc21. The Labute approximate surface area is 133 Å². The summed E-state index contributed by atoms with van der Waals surface area (Å²) in [4.78, 5) is 25.8. The number of carbonyl (C=O) groups is 2. The van der Waals surface area contributed by atoms with Crippen molar-refractivity contribution in [2.24, 2.45) is 0 Å². The van der Waals surface area contributed by atoms with Crippen LogP contribution in [-0.4, -0.2) is 38.6 Å². The van der Waals surface area contributed by atoms with Crippen LogP contribution in [0.5, 0.6) is 0 Å². The first kappa shape index (κ1) is 14.0. The molecule has 6 heteroatoms. The predicted molar refractivity (Wildman–Crippen MR) is 82.1 cm³/mol. The zero-order chi connectivity index (χ0) is 16.0. The summed E-state index contributed by atoms with van der Waals surface area (Å²) < 4.78 is 0. The maximum absolute atomic E-state index is 12.7. The van der Waals surface area contributed by atoms with Crippen molar-refractivity contribution in [3.05, 3.63) is 52.8 Å². The third-order valence-corrected chi connectivity index (χ3v) is 4.61. The highest BCUT2D eigenvalue weighted by Crippen LogP contribution is 2.39. The van der Waals surface area contributed by atoms with Crippen LogP contribution in [0.15, 0.2) is 30.3 Å². The number of nitrogens with zero attached hydrogens (tertiary/aromatic N) is 2. The lowest BCUT2D eigenvalue weighted by atomic mass is 9.89. The first-order valence-corrected chi connectivity index (χ1v) is 7.78. The van der Waals surface area contributed by atoms with Gasteiger partial charge in [0.2, 0.25) is 0 Å². The van der Waals surface area contributed by atoms with Gasteiger partial charge in [-0.3, -0.25) is 14.7 Å². The molecule has 23 heavy (non-hydrogen) atoms. The van der Waals surface area contributed by atoms with Crippen LogP contribution in [0.2, 0.25) is 0 Å². The number of carbonyl (C=O) groups excluding carboxylic acids is 1. The van der Waals surface area contributed by atoms with Gasteiger partial charge in [-0.25, -0.2) is 0 Å². The van der Waals surface area contributed by atoms with Gasteiger partial charge in [0, 0.05) is 24.7 Å². The summed E-state index contributed by atoms with van der Waals surface area (Å²) >= 11 is 0. The van der Waals surface area contributed by atoms with Gasteiger partial charge in [0.1, 0.15) is 5.69 Å². The Morgan fingerprint density at radius 1 is 1.26 bits per heavy atom. The molecule has 1 saturated carbocycles. The minimum Gasteiger partial charge on any atom is -0.481 e. The van der Waals surface area contributed by atoms with Gasteiger partial charge in [-0.15, -0.1) is 0 Å². The lowest BCUT2D eigenvalue weighted by molar-refractivity contribution is -0.139. The molecule has 1 fully saturated rings. The molecule has 2 heterocycles. The normalized spacial score (nSPS) is 20.2. The second-order valence-electron chi connectivity index (χ2n) is 6.26. The minimum atomic E-state index is -0.907. The molecule has 2 aliphatic rings. The summed E-state index contributed by atoms with van der Waals surface area (Å²) in [5.74, 6) is -1.31. The van der Waals surface area contributed by atoms with Crippen LogP contribution in [-0.2, 0) is 11.3 Å². The lowest BCUT2D eigenvalue weighted by Crippen LogP contribution is -2.40. The topological polar surface area (TPSA) is 86.3 Å². The number of nitrogens with one attached hydrogen (secondary N) is 1. The molecule has 0 saturated heterocycles. The minimum absolute atomic E-state index is 0.177. The van der Waals surface area contributed by atoms with E-state index in [2.05, 4.69) is 10.2 Å². The highest BCUT2D eigenvalue weighted by atomic mass is 16.4. The largest absolute Gasteiger partial charge is 0.481 e. The fourth-order valence-corrected chi connectivity index (χ4v) is 3.18. The van der Waals surface area contributed by atoms with Crippen LogP contribution < -0.4 is 0 Å². The maximum atomic E-state index is 12.7. The van der Waals surface area contributed by atoms with Crippen molar-refractivity contribution in [3.8, 4) is 0 Å². The monoisotopic (exact) mass is 311 g/mol. The number of hydrogen-bond donors (Lipinski definition) is 2. The molecule has 1 aromatic heterocycles. The second-order valence-corrected chi connectivity index (χ2v) is 6.26. The van der Waals surface area contributed by atoms with Gasteiger partial charge in [0.05, 0.1) is 5.92 Å². The van der Waals surface area contributed by atoms with E-state index >= 15 is 0 Å². The number of carboxylic acid groups (broad SMARTS) is 1. The van der Waals surface area contributed by atoms with Gasteiger partial charge in [0.25, 0.3) is 5.91 Å². The first-order chi connectivity index (χ1) is 11.1. The number of benzene rings is 1. The number of hydrogen-bond acceptors (Lipinski definition) is 3. The van der Waals surface area contributed by atoms with E-state index in [9.17, 15) is 14.7 Å². The number of rotatable bonds is 3. The fourth-order valence-electron chi connectivity index (χ4n) is 3.18. The summed E-state index contributed by atoms with van der Waals surface area (Å²) in [5, 5.41) is 16.5. The molecule has 0 radical (unpaired) electrons. The summed E-state index contributed by atoms with van der Waals surface area (Å²) in [5.41, 5.74) is 3.05. The maximum Gasteiger partial charge on any atom is 0.312 e. The highest BCUT2D eigenvalue weighted by Gasteiger charge is 2.34. The third-order valence-electron chi connectivity index (χ3n) is 4.61. The number of aromatic nitrogens is 2. The number of aromatic amines is 1. The lowest BCUT2D eigenvalue weighted by Gasteiger charge is -2.32. The van der Waals surface area contributed by atoms with Crippen LogP contribution in [0, 0.1) is 0 Å². The predicted octanol–water partition coefficient (Wildman–Crippen LogP) is 2.11. The molecule has 6 nitrogen and oxygen atoms in total.